The first-order valence-corrected chi connectivity index (χ1v) is 9.34. The van der Waals surface area contributed by atoms with Gasteiger partial charge in [-0.1, -0.05) is 49.7 Å². The summed E-state index contributed by atoms with van der Waals surface area (Å²) >= 11 is 0. The van der Waals surface area contributed by atoms with E-state index in [1.807, 2.05) is 48.3 Å². The molecule has 2 aromatic carbocycles. The second kappa shape index (κ2) is 7.83. The highest BCUT2D eigenvalue weighted by molar-refractivity contribution is 6.06. The van der Waals surface area contributed by atoms with Crippen LogP contribution in [0.25, 0.3) is 0 Å². The Morgan fingerprint density at radius 3 is 2.48 bits per heavy atom. The van der Waals surface area contributed by atoms with Crippen molar-refractivity contribution in [1.82, 2.24) is 5.32 Å². The summed E-state index contributed by atoms with van der Waals surface area (Å²) in [4.78, 5) is 15.7. The van der Waals surface area contributed by atoms with Crippen molar-refractivity contribution in [3.63, 3.8) is 0 Å². The number of fused-ring (bicyclic) bond motifs is 1. The summed E-state index contributed by atoms with van der Waals surface area (Å²) in [7, 11) is 1.97. The molecule has 0 bridgehead atoms. The van der Waals surface area contributed by atoms with Crippen molar-refractivity contribution in [2.45, 2.75) is 39.0 Å². The fourth-order valence-corrected chi connectivity index (χ4v) is 4.10. The maximum atomic E-state index is 13.7. The van der Waals surface area contributed by atoms with Crippen LogP contribution in [-0.4, -0.2) is 19.5 Å². The zero-order valence-corrected chi connectivity index (χ0v) is 15.3. The Kier molecular flexibility index (Phi) is 5.54. The van der Waals surface area contributed by atoms with Crippen LogP contribution in [-0.2, 0) is 11.2 Å². The van der Waals surface area contributed by atoms with E-state index in [1.165, 1.54) is 5.56 Å². The van der Waals surface area contributed by atoms with Gasteiger partial charge in [0, 0.05) is 5.69 Å². The van der Waals surface area contributed by atoms with Gasteiger partial charge in [0.25, 0.3) is 0 Å². The van der Waals surface area contributed by atoms with E-state index in [0.717, 1.165) is 50.0 Å². The summed E-state index contributed by atoms with van der Waals surface area (Å²) in [6.45, 7) is 3.13. The van der Waals surface area contributed by atoms with Crippen LogP contribution in [0.1, 0.15) is 38.2 Å². The second-order valence-electron chi connectivity index (χ2n) is 7.02. The molecule has 0 aliphatic carbocycles. The molecule has 25 heavy (non-hydrogen) atoms. The number of carbonyl (C=O) groups excluding carboxylic acids is 1. The zero-order valence-electron chi connectivity index (χ0n) is 15.3. The van der Waals surface area contributed by atoms with Crippen LogP contribution in [0.4, 0.5) is 11.4 Å². The van der Waals surface area contributed by atoms with Crippen LogP contribution in [0.3, 0.4) is 0 Å². The monoisotopic (exact) mass is 336 g/mol. The van der Waals surface area contributed by atoms with Gasteiger partial charge >= 0.3 is 0 Å². The molecule has 0 radical (unpaired) electrons. The molecule has 0 aromatic heterocycles. The van der Waals surface area contributed by atoms with Gasteiger partial charge in [-0.05, 0) is 63.0 Å². The Morgan fingerprint density at radius 2 is 1.76 bits per heavy atom. The lowest BCUT2D eigenvalue weighted by Gasteiger charge is -2.43. The number of hydrogen-bond donors (Lipinski definition) is 1. The molecule has 1 aliphatic rings. The molecule has 1 aliphatic heterocycles. The highest BCUT2D eigenvalue weighted by Crippen LogP contribution is 2.46. The summed E-state index contributed by atoms with van der Waals surface area (Å²) in [6.07, 6.45) is 4.76. The molecule has 3 nitrogen and oxygen atoms in total. The first-order valence-electron chi connectivity index (χ1n) is 9.34. The fraction of sp³-hybridized carbons (Fsp3) is 0.409. The van der Waals surface area contributed by atoms with Crippen LogP contribution in [0.2, 0.25) is 0 Å². The normalized spacial score (nSPS) is 19.8. The number of rotatable bonds is 7. The van der Waals surface area contributed by atoms with Crippen LogP contribution >= 0.6 is 0 Å². The van der Waals surface area contributed by atoms with Crippen LogP contribution in [0.5, 0.6) is 0 Å². The third-order valence-electron chi connectivity index (χ3n) is 5.24. The van der Waals surface area contributed by atoms with Crippen molar-refractivity contribution >= 4 is 17.3 Å². The molecule has 1 heterocycles. The van der Waals surface area contributed by atoms with Crippen LogP contribution in [0, 0.1) is 5.41 Å². The number of anilines is 2. The number of hydrogen-bond acceptors (Lipinski definition) is 2. The minimum atomic E-state index is -0.296. The molecule has 1 N–H and O–H groups in total. The van der Waals surface area contributed by atoms with Gasteiger partial charge in [-0.15, -0.1) is 0 Å². The molecule has 1 unspecified atom stereocenters. The van der Waals surface area contributed by atoms with E-state index in [1.54, 1.807) is 0 Å². The van der Waals surface area contributed by atoms with Gasteiger partial charge in [0.2, 0.25) is 5.91 Å². The van der Waals surface area contributed by atoms with Gasteiger partial charge in [-0.25, -0.2) is 0 Å². The average Bonchev–Trinajstić information content (AvgIpc) is 2.64. The van der Waals surface area contributed by atoms with Crippen molar-refractivity contribution in [2.24, 2.45) is 5.41 Å². The molecule has 3 heteroatoms. The Morgan fingerprint density at radius 1 is 1.04 bits per heavy atom. The molecule has 1 atom stereocenters. The largest absolute Gasteiger partial charge is 0.320 e. The smallest absolute Gasteiger partial charge is 0.238 e. The first-order chi connectivity index (χ1) is 12.2. The van der Waals surface area contributed by atoms with E-state index < -0.39 is 0 Å². The molecule has 0 saturated heterocycles. The fourth-order valence-electron chi connectivity index (χ4n) is 4.10. The van der Waals surface area contributed by atoms with Gasteiger partial charge in [-0.3, -0.25) is 9.69 Å². The highest BCUT2D eigenvalue weighted by Gasteiger charge is 2.45. The zero-order chi connectivity index (χ0) is 17.7. The van der Waals surface area contributed by atoms with Crippen LogP contribution in [0.15, 0.2) is 54.6 Å². The molecule has 0 fully saturated rings. The quantitative estimate of drug-likeness (QED) is 0.744. The molecule has 132 valence electrons. The highest BCUT2D eigenvalue weighted by atomic mass is 16.2. The topological polar surface area (TPSA) is 32.3 Å². The minimum Gasteiger partial charge on any atom is -0.320 e. The third kappa shape index (κ3) is 3.47. The van der Waals surface area contributed by atoms with E-state index in [-0.39, 0.29) is 11.3 Å². The van der Waals surface area contributed by atoms with Crippen LogP contribution < -0.4 is 10.2 Å². The Bertz CT molecular complexity index is 713. The number of nitrogens with zero attached hydrogens (tertiary/aromatic N) is 1. The van der Waals surface area contributed by atoms with E-state index in [4.69, 9.17) is 0 Å². The van der Waals surface area contributed by atoms with Gasteiger partial charge < -0.3 is 5.32 Å². The van der Waals surface area contributed by atoms with E-state index in [0.29, 0.717) is 0 Å². The lowest BCUT2D eigenvalue weighted by atomic mass is 9.70. The molecular weight excluding hydrogens is 308 g/mol. The minimum absolute atomic E-state index is 0.260. The second-order valence-corrected chi connectivity index (χ2v) is 7.02. The predicted octanol–water partition coefficient (Wildman–Crippen LogP) is 4.69. The first kappa shape index (κ1) is 17.7. The van der Waals surface area contributed by atoms with Crippen molar-refractivity contribution in [2.75, 3.05) is 18.5 Å². The third-order valence-corrected chi connectivity index (χ3v) is 5.24. The van der Waals surface area contributed by atoms with Gasteiger partial charge in [-0.2, -0.15) is 0 Å². The lowest BCUT2D eigenvalue weighted by molar-refractivity contribution is -0.129. The Labute approximate surface area is 151 Å². The number of nitrogens with one attached hydrogen (secondary N) is 1. The van der Waals surface area contributed by atoms with Crippen molar-refractivity contribution < 1.29 is 4.79 Å². The molecule has 1 amide bonds. The lowest BCUT2D eigenvalue weighted by Crippen LogP contribution is -2.47. The van der Waals surface area contributed by atoms with Gasteiger partial charge in [0.05, 0.1) is 11.1 Å². The van der Waals surface area contributed by atoms with Gasteiger partial charge in [0.15, 0.2) is 0 Å². The van der Waals surface area contributed by atoms with Crippen molar-refractivity contribution in [1.29, 1.82) is 0 Å². The van der Waals surface area contributed by atoms with E-state index in [2.05, 4.69) is 30.4 Å². The molecule has 2 aromatic rings. The molecule has 0 spiro atoms. The van der Waals surface area contributed by atoms with Crippen molar-refractivity contribution in [3.8, 4) is 0 Å². The number of benzene rings is 2. The van der Waals surface area contributed by atoms with E-state index in [9.17, 15) is 4.79 Å². The molecular formula is C22H28N2O. The molecule has 0 saturated carbocycles. The Balaban J connectivity index is 2.06. The summed E-state index contributed by atoms with van der Waals surface area (Å²) < 4.78 is 0. The Hall–Kier alpha value is -2.13. The summed E-state index contributed by atoms with van der Waals surface area (Å²) in [5.74, 6) is 0.260. The standard InChI is InChI=1S/C22H28N2O/c1-3-14-22(15-9-16-23-2)17-18-10-7-8-13-20(18)24(21(22)25)19-11-5-4-6-12-19/h4-8,10-13,23H,3,9,14-17H2,1-2H3. The average molecular weight is 336 g/mol. The maximum absolute atomic E-state index is 13.7. The summed E-state index contributed by atoms with van der Waals surface area (Å²) in [5, 5.41) is 3.22. The number of carbonyl (C=O) groups is 1. The van der Waals surface area contributed by atoms with Gasteiger partial charge in [0.1, 0.15) is 0 Å². The maximum Gasteiger partial charge on any atom is 0.238 e. The molecule has 3 rings (SSSR count). The summed E-state index contributed by atoms with van der Waals surface area (Å²) in [6, 6.07) is 18.4. The summed E-state index contributed by atoms with van der Waals surface area (Å²) in [5.41, 5.74) is 2.99. The predicted molar refractivity (Wildman–Crippen MR) is 104 cm³/mol. The van der Waals surface area contributed by atoms with Crippen molar-refractivity contribution in [3.05, 3.63) is 60.2 Å². The number of para-hydroxylation sites is 2. The van der Waals surface area contributed by atoms with E-state index >= 15 is 0 Å². The number of amides is 1. The SMILES string of the molecule is CCCC1(CCCNC)Cc2ccccc2N(c2ccccc2)C1=O.